The highest BCUT2D eigenvalue weighted by molar-refractivity contribution is 5.82. The molecule has 1 heterocycles. The second-order valence-corrected chi connectivity index (χ2v) is 4.92. The van der Waals surface area contributed by atoms with E-state index in [0.717, 1.165) is 25.7 Å². The van der Waals surface area contributed by atoms with Gasteiger partial charge in [-0.3, -0.25) is 0 Å². The molecule has 0 aromatic carbocycles. The average Bonchev–Trinajstić information content (AvgIpc) is 2.35. The van der Waals surface area contributed by atoms with Crippen LogP contribution in [-0.2, 0) is 9.53 Å². The lowest BCUT2D eigenvalue weighted by molar-refractivity contribution is -0.141. The molecule has 0 spiro atoms. The van der Waals surface area contributed by atoms with E-state index in [1.807, 2.05) is 25.2 Å². The van der Waals surface area contributed by atoms with Crippen molar-refractivity contribution in [3.8, 4) is 0 Å². The van der Waals surface area contributed by atoms with Gasteiger partial charge in [-0.15, -0.1) is 0 Å². The summed E-state index contributed by atoms with van der Waals surface area (Å²) in [4.78, 5) is 11.5. The molecule has 0 amide bonds. The van der Waals surface area contributed by atoms with E-state index >= 15 is 0 Å². The van der Waals surface area contributed by atoms with Gasteiger partial charge in [-0.25, -0.2) is 4.79 Å². The van der Waals surface area contributed by atoms with Crippen molar-refractivity contribution in [1.82, 2.24) is 0 Å². The number of allylic oxidation sites excluding steroid dienone is 3. The van der Waals surface area contributed by atoms with Gasteiger partial charge in [-0.1, -0.05) is 36.8 Å². The van der Waals surface area contributed by atoms with Gasteiger partial charge in [0.1, 0.15) is 6.10 Å². The topological polar surface area (TPSA) is 46.5 Å². The molecule has 0 aromatic rings. The molecule has 0 bridgehead atoms. The molecule has 2 atom stereocenters. The Hall–Kier alpha value is -1.35. The highest BCUT2D eigenvalue weighted by Gasteiger charge is 2.05. The highest BCUT2D eigenvalue weighted by Crippen LogP contribution is 2.08. The molecular weight excluding hydrogens is 240 g/mol. The Bertz CT molecular complexity index is 342. The predicted octanol–water partition coefficient (Wildman–Crippen LogP) is 3.30. The van der Waals surface area contributed by atoms with Gasteiger partial charge in [-0.2, -0.15) is 0 Å². The normalized spacial score (nSPS) is 27.2. The van der Waals surface area contributed by atoms with E-state index in [2.05, 4.69) is 6.08 Å². The van der Waals surface area contributed by atoms with Gasteiger partial charge in [-0.05, 0) is 32.6 Å². The van der Waals surface area contributed by atoms with Crippen LogP contribution in [0.3, 0.4) is 0 Å². The molecule has 1 N–H and O–H groups in total. The van der Waals surface area contributed by atoms with Gasteiger partial charge in [0.05, 0.1) is 6.10 Å². The van der Waals surface area contributed by atoms with Crippen LogP contribution in [-0.4, -0.2) is 23.3 Å². The molecule has 19 heavy (non-hydrogen) atoms. The Balaban J connectivity index is 2.52. The first-order valence-corrected chi connectivity index (χ1v) is 7.05. The van der Waals surface area contributed by atoms with Crippen molar-refractivity contribution < 1.29 is 14.6 Å². The van der Waals surface area contributed by atoms with Crippen LogP contribution >= 0.6 is 0 Å². The summed E-state index contributed by atoms with van der Waals surface area (Å²) in [5.74, 6) is -0.337. The first kappa shape index (κ1) is 15.7. The Morgan fingerprint density at radius 3 is 2.79 bits per heavy atom. The molecular formula is C16H24O3. The highest BCUT2D eigenvalue weighted by atomic mass is 16.5. The largest absolute Gasteiger partial charge is 0.459 e. The fraction of sp³-hybridized carbons (Fsp3) is 0.562. The van der Waals surface area contributed by atoms with Crippen molar-refractivity contribution in [2.75, 3.05) is 0 Å². The number of rotatable bonds is 0. The van der Waals surface area contributed by atoms with E-state index in [-0.39, 0.29) is 18.2 Å². The lowest BCUT2D eigenvalue weighted by Gasteiger charge is -2.09. The predicted molar refractivity (Wildman–Crippen MR) is 76.7 cm³/mol. The number of carbonyl (C=O) groups is 1. The third-order valence-corrected chi connectivity index (χ3v) is 2.99. The van der Waals surface area contributed by atoms with Gasteiger partial charge in [0, 0.05) is 12.5 Å². The summed E-state index contributed by atoms with van der Waals surface area (Å²) in [6.07, 6.45) is 15.9. The van der Waals surface area contributed by atoms with E-state index in [4.69, 9.17) is 4.74 Å². The van der Waals surface area contributed by atoms with E-state index in [1.165, 1.54) is 6.08 Å². The van der Waals surface area contributed by atoms with Crippen LogP contribution < -0.4 is 0 Å². The number of aliphatic hydroxyl groups excluding tert-OH is 1. The van der Waals surface area contributed by atoms with Crippen molar-refractivity contribution in [3.63, 3.8) is 0 Å². The molecule has 2 unspecified atom stereocenters. The van der Waals surface area contributed by atoms with Crippen LogP contribution in [0.1, 0.15) is 45.4 Å². The van der Waals surface area contributed by atoms with Crippen molar-refractivity contribution in [1.29, 1.82) is 0 Å². The number of ether oxygens (including phenoxy) is 1. The molecule has 0 radical (unpaired) electrons. The average molecular weight is 264 g/mol. The molecule has 0 aliphatic carbocycles. The smallest absolute Gasteiger partial charge is 0.330 e. The molecule has 106 valence electrons. The second-order valence-electron chi connectivity index (χ2n) is 4.92. The van der Waals surface area contributed by atoms with Gasteiger partial charge in [0.25, 0.3) is 0 Å². The Morgan fingerprint density at radius 2 is 1.95 bits per heavy atom. The Morgan fingerprint density at radius 1 is 1.16 bits per heavy atom. The van der Waals surface area contributed by atoms with Crippen molar-refractivity contribution >= 4 is 5.97 Å². The van der Waals surface area contributed by atoms with Crippen LogP contribution in [0, 0.1) is 0 Å². The summed E-state index contributed by atoms with van der Waals surface area (Å²) >= 11 is 0. The van der Waals surface area contributed by atoms with Crippen LogP contribution in [0.15, 0.2) is 36.5 Å². The van der Waals surface area contributed by atoms with Crippen LogP contribution in [0.25, 0.3) is 0 Å². The lowest BCUT2D eigenvalue weighted by atomic mass is 10.1. The zero-order chi connectivity index (χ0) is 13.9. The van der Waals surface area contributed by atoms with E-state index in [0.29, 0.717) is 12.8 Å². The zero-order valence-corrected chi connectivity index (χ0v) is 11.6. The first-order valence-electron chi connectivity index (χ1n) is 7.05. The number of aliphatic hydroxyl groups is 1. The van der Waals surface area contributed by atoms with Crippen LogP contribution in [0.2, 0.25) is 0 Å². The zero-order valence-electron chi connectivity index (χ0n) is 11.6. The fourth-order valence-corrected chi connectivity index (χ4v) is 1.89. The molecule has 0 aromatic heterocycles. The Labute approximate surface area is 115 Å². The summed E-state index contributed by atoms with van der Waals surface area (Å²) in [6, 6.07) is 0. The quantitative estimate of drug-likeness (QED) is 0.683. The molecule has 0 saturated heterocycles. The van der Waals surface area contributed by atoms with Gasteiger partial charge in [0.15, 0.2) is 0 Å². The van der Waals surface area contributed by atoms with Gasteiger partial charge >= 0.3 is 5.97 Å². The number of esters is 1. The third kappa shape index (κ3) is 8.38. The van der Waals surface area contributed by atoms with Crippen LogP contribution in [0.5, 0.6) is 0 Å². The number of hydrogen-bond acceptors (Lipinski definition) is 3. The number of cyclic esters (lactones) is 1. The molecule has 3 heteroatoms. The van der Waals surface area contributed by atoms with E-state index < -0.39 is 0 Å². The third-order valence-electron chi connectivity index (χ3n) is 2.99. The summed E-state index contributed by atoms with van der Waals surface area (Å²) in [5, 5.41) is 9.73. The van der Waals surface area contributed by atoms with Crippen molar-refractivity contribution in [2.45, 2.75) is 57.7 Å². The second kappa shape index (κ2) is 9.56. The summed E-state index contributed by atoms with van der Waals surface area (Å²) in [6.45, 7) is 1.87. The Kier molecular flexibility index (Phi) is 7.91. The monoisotopic (exact) mass is 264 g/mol. The summed E-state index contributed by atoms with van der Waals surface area (Å²) in [7, 11) is 0. The SMILES string of the molecule is CC1CC=CC=CCCCCC(O)CC=CC(=O)O1. The minimum absolute atomic E-state index is 0.125. The minimum Gasteiger partial charge on any atom is -0.459 e. The molecule has 3 nitrogen and oxygen atoms in total. The van der Waals surface area contributed by atoms with Gasteiger partial charge in [0.2, 0.25) is 0 Å². The number of carbonyl (C=O) groups excluding carboxylic acids is 1. The first-order chi connectivity index (χ1) is 9.18. The lowest BCUT2D eigenvalue weighted by Crippen LogP contribution is -2.12. The van der Waals surface area contributed by atoms with Crippen molar-refractivity contribution in [3.05, 3.63) is 36.5 Å². The van der Waals surface area contributed by atoms with Crippen LogP contribution in [0.4, 0.5) is 0 Å². The molecule has 1 aliphatic heterocycles. The van der Waals surface area contributed by atoms with E-state index in [9.17, 15) is 9.90 Å². The maximum atomic E-state index is 11.5. The van der Waals surface area contributed by atoms with Crippen molar-refractivity contribution in [2.24, 2.45) is 0 Å². The molecule has 0 fully saturated rings. The summed E-state index contributed by atoms with van der Waals surface area (Å²) < 4.78 is 5.20. The molecule has 1 aliphatic rings. The molecule has 1 rings (SSSR count). The molecule has 0 saturated carbocycles. The minimum atomic E-state index is -0.363. The standard InChI is InChI=1S/C16H24O3/c1-14-10-7-5-3-2-4-6-8-11-15(17)12-9-13-16(18)19-14/h2-3,5,7,9,13-15,17H,4,6,8,10-12H2,1H3. The summed E-state index contributed by atoms with van der Waals surface area (Å²) in [5.41, 5.74) is 0. The maximum Gasteiger partial charge on any atom is 0.330 e. The van der Waals surface area contributed by atoms with E-state index in [1.54, 1.807) is 6.08 Å². The number of hydrogen-bond donors (Lipinski definition) is 1. The maximum absolute atomic E-state index is 11.5. The fourth-order valence-electron chi connectivity index (χ4n) is 1.89. The van der Waals surface area contributed by atoms with Gasteiger partial charge < -0.3 is 9.84 Å².